The third-order valence-corrected chi connectivity index (χ3v) is 4.30. The van der Waals surface area contributed by atoms with Crippen molar-refractivity contribution in [3.05, 3.63) is 40.9 Å². The predicted molar refractivity (Wildman–Crippen MR) is 89.6 cm³/mol. The normalized spacial score (nSPS) is 22.0. The van der Waals surface area contributed by atoms with Gasteiger partial charge in [0, 0.05) is 25.2 Å². The fraction of sp³-hybridized carbons (Fsp3) is 0.438. The van der Waals surface area contributed by atoms with Gasteiger partial charge in [-0.25, -0.2) is 0 Å². The fourth-order valence-electron chi connectivity index (χ4n) is 2.83. The Bertz CT molecular complexity index is 635. The van der Waals surface area contributed by atoms with E-state index in [1.54, 1.807) is 5.51 Å². The molecule has 2 atom stereocenters. The Kier molecular flexibility index (Phi) is 5.00. The average Bonchev–Trinajstić information content (AvgIpc) is 3.00. The molecule has 0 bridgehead atoms. The van der Waals surface area contributed by atoms with Crippen molar-refractivity contribution in [2.45, 2.75) is 32.6 Å². The Morgan fingerprint density at radius 3 is 2.61 bits per heavy atom. The van der Waals surface area contributed by atoms with Gasteiger partial charge in [-0.1, -0.05) is 23.5 Å². The molecule has 3 rings (SSSR count). The minimum atomic E-state index is -0.165. The minimum absolute atomic E-state index is 0.165. The van der Waals surface area contributed by atoms with Crippen LogP contribution in [0.3, 0.4) is 0 Å². The lowest BCUT2D eigenvalue weighted by molar-refractivity contribution is -0.0704. The van der Waals surface area contributed by atoms with Crippen LogP contribution in [0, 0.1) is 0 Å². The molecule has 122 valence electrons. The molecule has 2 aromatic rings. The summed E-state index contributed by atoms with van der Waals surface area (Å²) in [5, 5.41) is 10.7. The number of carbonyl (C=O) groups is 1. The van der Waals surface area contributed by atoms with Crippen LogP contribution in [0.25, 0.3) is 0 Å². The summed E-state index contributed by atoms with van der Waals surface area (Å²) >= 11 is 1.30. The van der Waals surface area contributed by atoms with E-state index in [0.717, 1.165) is 19.6 Å². The maximum atomic E-state index is 12.1. The van der Waals surface area contributed by atoms with Crippen molar-refractivity contribution in [2.24, 2.45) is 0 Å². The maximum absolute atomic E-state index is 12.1. The highest BCUT2D eigenvalue weighted by Gasteiger charge is 2.22. The number of hydrogen-bond acceptors (Lipinski definition) is 6. The number of morpholine rings is 1. The quantitative estimate of drug-likeness (QED) is 0.931. The zero-order chi connectivity index (χ0) is 16.2. The van der Waals surface area contributed by atoms with E-state index in [9.17, 15) is 4.79 Å². The first-order valence-corrected chi connectivity index (χ1v) is 8.52. The molecule has 2 heterocycles. The smallest absolute Gasteiger partial charge is 0.257 e. The molecule has 0 spiro atoms. The van der Waals surface area contributed by atoms with Crippen molar-refractivity contribution >= 4 is 22.4 Å². The molecule has 0 aliphatic carbocycles. The van der Waals surface area contributed by atoms with Crippen LogP contribution in [0.5, 0.6) is 0 Å². The van der Waals surface area contributed by atoms with Gasteiger partial charge in [0.1, 0.15) is 5.51 Å². The first-order chi connectivity index (χ1) is 11.1. The van der Waals surface area contributed by atoms with Gasteiger partial charge in [0.25, 0.3) is 5.91 Å². The summed E-state index contributed by atoms with van der Waals surface area (Å²) < 4.78 is 5.75. The molecule has 1 aliphatic rings. The number of aromatic nitrogens is 2. The lowest BCUT2D eigenvalue weighted by atomic mass is 10.1. The van der Waals surface area contributed by atoms with Crippen molar-refractivity contribution < 1.29 is 9.53 Å². The molecule has 1 aromatic heterocycles. The molecule has 1 aliphatic heterocycles. The summed E-state index contributed by atoms with van der Waals surface area (Å²) in [5.74, 6) is -0.165. The number of ether oxygens (including phenoxy) is 1. The monoisotopic (exact) mass is 332 g/mol. The number of rotatable bonds is 4. The summed E-state index contributed by atoms with van der Waals surface area (Å²) in [5.41, 5.74) is 3.40. The highest BCUT2D eigenvalue weighted by Crippen LogP contribution is 2.16. The van der Waals surface area contributed by atoms with Gasteiger partial charge in [-0.3, -0.25) is 15.0 Å². The van der Waals surface area contributed by atoms with E-state index in [1.807, 2.05) is 24.3 Å². The zero-order valence-corrected chi connectivity index (χ0v) is 14.0. The highest BCUT2D eigenvalue weighted by molar-refractivity contribution is 7.13. The fourth-order valence-corrected chi connectivity index (χ4v) is 3.27. The van der Waals surface area contributed by atoms with Gasteiger partial charge >= 0.3 is 0 Å². The average molecular weight is 332 g/mol. The first-order valence-electron chi connectivity index (χ1n) is 7.64. The van der Waals surface area contributed by atoms with Crippen molar-refractivity contribution in [1.82, 2.24) is 15.1 Å². The van der Waals surface area contributed by atoms with Crippen LogP contribution in [0.15, 0.2) is 29.8 Å². The van der Waals surface area contributed by atoms with Crippen molar-refractivity contribution in [1.29, 1.82) is 0 Å². The number of nitrogens with one attached hydrogen (secondary N) is 1. The molecule has 1 saturated heterocycles. The molecule has 23 heavy (non-hydrogen) atoms. The number of carbonyl (C=O) groups excluding carboxylic acids is 1. The van der Waals surface area contributed by atoms with Crippen LogP contribution in [-0.4, -0.2) is 46.3 Å². The zero-order valence-electron chi connectivity index (χ0n) is 13.2. The Labute approximate surface area is 139 Å². The molecule has 1 amide bonds. The van der Waals surface area contributed by atoms with Gasteiger partial charge in [0.05, 0.1) is 12.2 Å². The van der Waals surface area contributed by atoms with Crippen LogP contribution in [0.2, 0.25) is 0 Å². The summed E-state index contributed by atoms with van der Waals surface area (Å²) in [6.45, 7) is 6.94. The molecule has 1 fully saturated rings. The maximum Gasteiger partial charge on any atom is 0.257 e. The third-order valence-electron chi connectivity index (χ3n) is 3.70. The first kappa shape index (κ1) is 16.0. The second-order valence-electron chi connectivity index (χ2n) is 5.85. The number of nitrogens with zero attached hydrogens (tertiary/aromatic N) is 3. The van der Waals surface area contributed by atoms with Crippen molar-refractivity contribution in [3.63, 3.8) is 0 Å². The van der Waals surface area contributed by atoms with E-state index in [1.165, 1.54) is 16.9 Å². The standard InChI is InChI=1S/C16H20N4O2S/c1-11-7-20(8-12(2)22-11)9-13-3-5-14(6-4-13)15(21)18-16-19-17-10-23-16/h3-6,10-12H,7-9H2,1-2H3,(H,18,19,21). The SMILES string of the molecule is CC1CN(Cc2ccc(C(=O)Nc3nncs3)cc2)CC(C)O1. The Morgan fingerprint density at radius 2 is 2.00 bits per heavy atom. The lowest BCUT2D eigenvalue weighted by Gasteiger charge is -2.35. The van der Waals surface area contributed by atoms with E-state index in [4.69, 9.17) is 4.74 Å². The van der Waals surface area contributed by atoms with Gasteiger partial charge in [0.15, 0.2) is 0 Å². The van der Waals surface area contributed by atoms with Gasteiger partial charge < -0.3 is 4.74 Å². The largest absolute Gasteiger partial charge is 0.373 e. The van der Waals surface area contributed by atoms with Crippen molar-refractivity contribution in [3.8, 4) is 0 Å². The Balaban J connectivity index is 1.59. The van der Waals surface area contributed by atoms with E-state index in [0.29, 0.717) is 10.7 Å². The summed E-state index contributed by atoms with van der Waals surface area (Å²) in [6.07, 6.45) is 0.520. The lowest BCUT2D eigenvalue weighted by Crippen LogP contribution is -2.44. The third kappa shape index (κ3) is 4.34. The van der Waals surface area contributed by atoms with Gasteiger partial charge in [-0.05, 0) is 31.5 Å². The summed E-state index contributed by atoms with van der Waals surface area (Å²) in [4.78, 5) is 14.5. The second kappa shape index (κ2) is 7.16. The summed E-state index contributed by atoms with van der Waals surface area (Å²) in [7, 11) is 0. The number of hydrogen-bond donors (Lipinski definition) is 1. The molecule has 0 saturated carbocycles. The molecule has 2 unspecified atom stereocenters. The van der Waals surface area contributed by atoms with Crippen molar-refractivity contribution in [2.75, 3.05) is 18.4 Å². The van der Waals surface area contributed by atoms with E-state index >= 15 is 0 Å². The molecule has 0 radical (unpaired) electrons. The summed E-state index contributed by atoms with van der Waals surface area (Å²) in [6, 6.07) is 7.69. The van der Waals surface area contributed by atoms with Crippen LogP contribution in [-0.2, 0) is 11.3 Å². The second-order valence-corrected chi connectivity index (χ2v) is 6.68. The van der Waals surface area contributed by atoms with Gasteiger partial charge in [-0.2, -0.15) is 0 Å². The molecule has 1 N–H and O–H groups in total. The molecule has 1 aromatic carbocycles. The predicted octanol–water partition coefficient (Wildman–Crippen LogP) is 2.40. The van der Waals surface area contributed by atoms with E-state index < -0.39 is 0 Å². The highest BCUT2D eigenvalue weighted by atomic mass is 32.1. The van der Waals surface area contributed by atoms with Crippen LogP contribution in [0.4, 0.5) is 5.13 Å². The van der Waals surface area contributed by atoms with Crippen LogP contribution in [0.1, 0.15) is 29.8 Å². The van der Waals surface area contributed by atoms with Crippen LogP contribution < -0.4 is 5.32 Å². The van der Waals surface area contributed by atoms with Gasteiger partial charge in [0.2, 0.25) is 5.13 Å². The van der Waals surface area contributed by atoms with Gasteiger partial charge in [-0.15, -0.1) is 10.2 Å². The Morgan fingerprint density at radius 1 is 1.30 bits per heavy atom. The van der Waals surface area contributed by atoms with Crippen LogP contribution >= 0.6 is 11.3 Å². The van der Waals surface area contributed by atoms with E-state index in [2.05, 4.69) is 34.3 Å². The molecular formula is C16H20N4O2S. The molecular weight excluding hydrogens is 312 g/mol. The topological polar surface area (TPSA) is 67.4 Å². The Hall–Kier alpha value is -1.83. The number of amides is 1. The number of anilines is 1. The molecule has 7 heteroatoms. The minimum Gasteiger partial charge on any atom is -0.373 e. The van der Waals surface area contributed by atoms with E-state index in [-0.39, 0.29) is 18.1 Å². The molecule has 6 nitrogen and oxygen atoms in total. The number of benzene rings is 1.